The van der Waals surface area contributed by atoms with Crippen molar-refractivity contribution in [3.63, 3.8) is 0 Å². The largest absolute Gasteiger partial charge is 0.294 e. The minimum atomic E-state index is -0.332. The molecule has 0 heterocycles. The van der Waals surface area contributed by atoms with Gasteiger partial charge in [0.1, 0.15) is 0 Å². The van der Waals surface area contributed by atoms with E-state index < -0.39 is 0 Å². The first-order valence-electron chi connectivity index (χ1n) is 9.70. The van der Waals surface area contributed by atoms with Gasteiger partial charge in [-0.1, -0.05) is 60.7 Å². The van der Waals surface area contributed by atoms with Crippen molar-refractivity contribution in [2.75, 3.05) is 0 Å². The summed E-state index contributed by atoms with van der Waals surface area (Å²) in [6, 6.07) is 22.9. The summed E-state index contributed by atoms with van der Waals surface area (Å²) in [5.41, 5.74) is 2.64. The Kier molecular flexibility index (Phi) is 4.14. The maximum absolute atomic E-state index is 11.7. The highest BCUT2D eigenvalue weighted by Gasteiger charge is 2.29. The van der Waals surface area contributed by atoms with Crippen LogP contribution in [0.3, 0.4) is 0 Å². The number of Topliss-reactive ketones (excluding diaryl/α,β-unsaturated/α-hetero) is 4. The molecular weight excluding hydrogens is 376 g/mol. The van der Waals surface area contributed by atoms with E-state index in [1.165, 1.54) is 0 Å². The smallest absolute Gasteiger partial charge is 0.229 e. The van der Waals surface area contributed by atoms with Gasteiger partial charge in [-0.25, -0.2) is 0 Å². The molecule has 0 aliphatic heterocycles. The Morgan fingerprint density at radius 3 is 1.73 bits per heavy atom. The first-order valence-corrected chi connectivity index (χ1v) is 9.70. The van der Waals surface area contributed by atoms with Crippen LogP contribution in [-0.4, -0.2) is 23.1 Å². The maximum Gasteiger partial charge on any atom is 0.229 e. The molecule has 144 valence electrons. The summed E-state index contributed by atoms with van der Waals surface area (Å²) in [6.45, 7) is 0. The van der Waals surface area contributed by atoms with Crippen LogP contribution in [0, 0.1) is 0 Å². The van der Waals surface area contributed by atoms with E-state index in [0.29, 0.717) is 16.7 Å². The lowest BCUT2D eigenvalue weighted by Gasteiger charge is -2.02. The molecule has 0 amide bonds. The van der Waals surface area contributed by atoms with Crippen molar-refractivity contribution >= 4 is 44.7 Å². The molecule has 30 heavy (non-hydrogen) atoms. The van der Waals surface area contributed by atoms with Crippen LogP contribution in [0.25, 0.3) is 21.5 Å². The van der Waals surface area contributed by atoms with E-state index in [4.69, 9.17) is 0 Å². The van der Waals surface area contributed by atoms with Gasteiger partial charge in [-0.2, -0.15) is 0 Å². The van der Waals surface area contributed by atoms with Gasteiger partial charge in [0.05, 0.1) is 6.42 Å². The number of carbonyl (C=O) groups is 4. The van der Waals surface area contributed by atoms with Crippen LogP contribution in [0.2, 0.25) is 0 Å². The molecule has 0 atom stereocenters. The molecule has 4 aromatic carbocycles. The lowest BCUT2D eigenvalue weighted by Crippen LogP contribution is -2.06. The minimum absolute atomic E-state index is 0.0334. The molecule has 2 aliphatic rings. The predicted molar refractivity (Wildman–Crippen MR) is 114 cm³/mol. The lowest BCUT2D eigenvalue weighted by molar-refractivity contribution is -0.114. The third kappa shape index (κ3) is 2.85. The molecule has 0 N–H and O–H groups in total. The second kappa shape index (κ2) is 6.85. The molecule has 0 spiro atoms. The van der Waals surface area contributed by atoms with Gasteiger partial charge in [-0.15, -0.1) is 0 Å². The van der Waals surface area contributed by atoms with Crippen molar-refractivity contribution in [3.8, 4) is 0 Å². The molecule has 0 saturated carbocycles. The van der Waals surface area contributed by atoms with Crippen LogP contribution in [0.1, 0.15) is 43.1 Å². The van der Waals surface area contributed by atoms with E-state index in [1.807, 2.05) is 72.8 Å². The average molecular weight is 392 g/mol. The monoisotopic (exact) mass is 392 g/mol. The van der Waals surface area contributed by atoms with Gasteiger partial charge in [0.15, 0.2) is 11.6 Å². The van der Waals surface area contributed by atoms with Crippen molar-refractivity contribution in [3.05, 3.63) is 95.1 Å². The van der Waals surface area contributed by atoms with Gasteiger partial charge in [0.25, 0.3) is 0 Å². The van der Waals surface area contributed by atoms with E-state index in [2.05, 4.69) is 0 Å². The molecule has 0 bridgehead atoms. The van der Waals surface area contributed by atoms with E-state index in [9.17, 15) is 19.2 Å². The van der Waals surface area contributed by atoms with Crippen molar-refractivity contribution < 1.29 is 19.2 Å². The Balaban J connectivity index is 0.000000128. The molecular formula is C26H16O4. The summed E-state index contributed by atoms with van der Waals surface area (Å²) in [5, 5.41) is 3.93. The third-order valence-corrected chi connectivity index (χ3v) is 5.65. The van der Waals surface area contributed by atoms with Crippen molar-refractivity contribution in [2.24, 2.45) is 0 Å². The predicted octanol–water partition coefficient (Wildman–Crippen LogP) is 4.76. The highest BCUT2D eigenvalue weighted by Crippen LogP contribution is 2.28. The number of hydrogen-bond donors (Lipinski definition) is 0. The first-order chi connectivity index (χ1) is 14.5. The van der Waals surface area contributed by atoms with Gasteiger partial charge in [0.2, 0.25) is 11.6 Å². The summed E-state index contributed by atoms with van der Waals surface area (Å²) in [7, 11) is 0. The van der Waals surface area contributed by atoms with E-state index in [1.54, 1.807) is 0 Å². The summed E-state index contributed by atoms with van der Waals surface area (Å²) < 4.78 is 0. The Hall–Kier alpha value is -3.92. The maximum atomic E-state index is 11.7. The standard InChI is InChI=1S/2C13H8O2/c14-12-7-13(15)11-6-9-4-2-1-3-8(9)5-10(11)12;14-11-7-9-6-5-8-3-1-2-4-10(8)12(9)13(11)15/h2*1-6H,7H2. The molecule has 4 nitrogen and oxygen atoms in total. The van der Waals surface area contributed by atoms with Crippen LogP contribution in [0.5, 0.6) is 0 Å². The van der Waals surface area contributed by atoms with Gasteiger partial charge < -0.3 is 0 Å². The number of ketones is 4. The second-order valence-corrected chi connectivity index (χ2v) is 7.52. The SMILES string of the molecule is O=C1CC(=O)c2cc3ccccc3cc21.O=C1Cc2ccc3ccccc3c2C1=O. The van der Waals surface area contributed by atoms with Crippen molar-refractivity contribution in [1.82, 2.24) is 0 Å². The molecule has 0 fully saturated rings. The highest BCUT2D eigenvalue weighted by molar-refractivity contribution is 6.49. The number of carbonyl (C=O) groups excluding carboxylic acids is 4. The van der Waals surface area contributed by atoms with Crippen molar-refractivity contribution in [2.45, 2.75) is 12.8 Å². The normalized spacial score (nSPS) is 14.7. The molecule has 4 heteroatoms. The number of fused-ring (bicyclic) bond motifs is 5. The summed E-state index contributed by atoms with van der Waals surface area (Å²) >= 11 is 0. The fraction of sp³-hybridized carbons (Fsp3) is 0.0769. The van der Waals surface area contributed by atoms with Crippen LogP contribution in [-0.2, 0) is 11.2 Å². The van der Waals surface area contributed by atoms with Gasteiger partial charge in [-0.3, -0.25) is 19.2 Å². The Bertz CT molecular complexity index is 1360. The molecule has 4 aromatic rings. The molecule has 0 saturated heterocycles. The minimum Gasteiger partial charge on any atom is -0.294 e. The number of rotatable bonds is 0. The summed E-state index contributed by atoms with van der Waals surface area (Å²) in [4.78, 5) is 46.0. The van der Waals surface area contributed by atoms with Crippen molar-refractivity contribution in [1.29, 1.82) is 0 Å². The Morgan fingerprint density at radius 2 is 1.10 bits per heavy atom. The topological polar surface area (TPSA) is 68.3 Å². The first kappa shape index (κ1) is 18.1. The molecule has 0 aromatic heterocycles. The number of benzene rings is 4. The summed E-state index contributed by atoms with van der Waals surface area (Å²) in [5.74, 6) is -0.732. The van der Waals surface area contributed by atoms with E-state index in [-0.39, 0.29) is 36.0 Å². The molecule has 6 rings (SSSR count). The fourth-order valence-corrected chi connectivity index (χ4v) is 4.16. The third-order valence-electron chi connectivity index (χ3n) is 5.65. The lowest BCUT2D eigenvalue weighted by atomic mass is 10.0. The fourth-order valence-electron chi connectivity index (χ4n) is 4.16. The quantitative estimate of drug-likeness (QED) is 0.320. The zero-order valence-electron chi connectivity index (χ0n) is 16.0. The molecule has 2 aliphatic carbocycles. The second-order valence-electron chi connectivity index (χ2n) is 7.52. The number of hydrogen-bond acceptors (Lipinski definition) is 4. The zero-order chi connectivity index (χ0) is 20.8. The highest BCUT2D eigenvalue weighted by atomic mass is 16.2. The zero-order valence-corrected chi connectivity index (χ0v) is 16.0. The molecule has 0 unspecified atom stereocenters. The van der Waals surface area contributed by atoms with Crippen LogP contribution in [0.15, 0.2) is 72.8 Å². The van der Waals surface area contributed by atoms with Crippen LogP contribution >= 0.6 is 0 Å². The summed E-state index contributed by atoms with van der Waals surface area (Å²) in [6.07, 6.45) is 0.296. The Morgan fingerprint density at radius 1 is 0.533 bits per heavy atom. The van der Waals surface area contributed by atoms with Crippen LogP contribution in [0.4, 0.5) is 0 Å². The van der Waals surface area contributed by atoms with Gasteiger partial charge in [-0.05, 0) is 39.2 Å². The van der Waals surface area contributed by atoms with Crippen LogP contribution < -0.4 is 0 Å². The Labute approximate surface area is 172 Å². The van der Waals surface area contributed by atoms with Gasteiger partial charge in [0, 0.05) is 23.1 Å². The van der Waals surface area contributed by atoms with E-state index >= 15 is 0 Å². The van der Waals surface area contributed by atoms with E-state index in [0.717, 1.165) is 27.1 Å². The molecule has 0 radical (unpaired) electrons. The average Bonchev–Trinajstić information content (AvgIpc) is 3.22. The van der Waals surface area contributed by atoms with Gasteiger partial charge >= 0.3 is 0 Å².